The molecule has 24 heavy (non-hydrogen) atoms. The molecule has 1 fully saturated rings. The summed E-state index contributed by atoms with van der Waals surface area (Å²) in [4.78, 5) is 0. The summed E-state index contributed by atoms with van der Waals surface area (Å²) in [6, 6.07) is 4.10. The Morgan fingerprint density at radius 3 is 2.29 bits per heavy atom. The van der Waals surface area contributed by atoms with Crippen molar-refractivity contribution in [3.8, 4) is 5.75 Å². The third-order valence-electron chi connectivity index (χ3n) is 5.54. The normalized spacial score (nSPS) is 21.3. The van der Waals surface area contributed by atoms with Crippen LogP contribution in [0.25, 0.3) is 10.8 Å². The van der Waals surface area contributed by atoms with E-state index in [1.54, 1.807) is 0 Å². The predicted molar refractivity (Wildman–Crippen MR) is 89.5 cm³/mol. The van der Waals surface area contributed by atoms with Gasteiger partial charge < -0.3 is 5.11 Å². The van der Waals surface area contributed by atoms with Crippen LogP contribution in [0.4, 0.5) is 13.2 Å². The van der Waals surface area contributed by atoms with Gasteiger partial charge in [-0.25, -0.2) is 13.2 Å². The van der Waals surface area contributed by atoms with Crippen molar-refractivity contribution in [1.29, 1.82) is 0 Å². The lowest BCUT2D eigenvalue weighted by Gasteiger charge is -2.27. The molecule has 1 N–H and O–H groups in total. The monoisotopic (exact) mass is 336 g/mol. The van der Waals surface area contributed by atoms with Gasteiger partial charge in [-0.2, -0.15) is 0 Å². The average Bonchev–Trinajstić information content (AvgIpc) is 2.60. The van der Waals surface area contributed by atoms with Crippen LogP contribution in [0, 0.1) is 29.3 Å². The van der Waals surface area contributed by atoms with E-state index in [2.05, 4.69) is 6.92 Å². The van der Waals surface area contributed by atoms with Gasteiger partial charge >= 0.3 is 0 Å². The lowest BCUT2D eigenvalue weighted by Crippen LogP contribution is -2.14. The van der Waals surface area contributed by atoms with Crippen LogP contribution in [-0.2, 0) is 6.42 Å². The van der Waals surface area contributed by atoms with Crippen molar-refractivity contribution in [2.24, 2.45) is 11.8 Å². The minimum Gasteiger partial charge on any atom is -0.505 e. The van der Waals surface area contributed by atoms with Crippen LogP contribution in [0.5, 0.6) is 5.75 Å². The maximum Gasteiger partial charge on any atom is 0.175 e. The summed E-state index contributed by atoms with van der Waals surface area (Å²) in [6.07, 6.45) is 7.26. The largest absolute Gasteiger partial charge is 0.505 e. The zero-order chi connectivity index (χ0) is 17.3. The van der Waals surface area contributed by atoms with Crippen LogP contribution in [0.15, 0.2) is 18.2 Å². The van der Waals surface area contributed by atoms with E-state index in [0.29, 0.717) is 17.9 Å². The number of aryl methyl sites for hydroxylation is 1. The Morgan fingerprint density at radius 2 is 1.62 bits per heavy atom. The molecule has 0 aliphatic heterocycles. The van der Waals surface area contributed by atoms with Crippen molar-refractivity contribution in [1.82, 2.24) is 0 Å². The number of halogens is 3. The highest BCUT2D eigenvalue weighted by atomic mass is 19.2. The van der Waals surface area contributed by atoms with E-state index in [1.165, 1.54) is 37.5 Å². The van der Waals surface area contributed by atoms with Gasteiger partial charge in [-0.3, -0.25) is 0 Å². The molecule has 0 atom stereocenters. The van der Waals surface area contributed by atoms with Crippen LogP contribution < -0.4 is 0 Å². The van der Waals surface area contributed by atoms with E-state index in [4.69, 9.17) is 0 Å². The number of hydrogen-bond donors (Lipinski definition) is 1. The van der Waals surface area contributed by atoms with Gasteiger partial charge in [0.25, 0.3) is 0 Å². The maximum absolute atomic E-state index is 14.3. The van der Waals surface area contributed by atoms with Crippen molar-refractivity contribution in [3.05, 3.63) is 41.2 Å². The molecule has 2 aromatic carbocycles. The molecule has 0 bridgehead atoms. The minimum atomic E-state index is -1.20. The van der Waals surface area contributed by atoms with E-state index in [0.717, 1.165) is 25.2 Å². The molecule has 0 radical (unpaired) electrons. The third kappa shape index (κ3) is 3.24. The summed E-state index contributed by atoms with van der Waals surface area (Å²) < 4.78 is 42.4. The Kier molecular flexibility index (Phi) is 5.02. The summed E-state index contributed by atoms with van der Waals surface area (Å²) in [7, 11) is 0. The first-order valence-corrected chi connectivity index (χ1v) is 8.79. The van der Waals surface area contributed by atoms with E-state index in [-0.39, 0.29) is 5.39 Å². The van der Waals surface area contributed by atoms with Crippen LogP contribution in [0.2, 0.25) is 0 Å². The summed E-state index contributed by atoms with van der Waals surface area (Å²) in [6.45, 7) is 2.22. The molecule has 0 amide bonds. The van der Waals surface area contributed by atoms with Gasteiger partial charge in [0.2, 0.25) is 0 Å². The molecule has 1 nitrogen and oxygen atoms in total. The van der Waals surface area contributed by atoms with Gasteiger partial charge in [-0.05, 0) is 47.8 Å². The number of phenolic OH excluding ortho intramolecular Hbond substituents is 1. The number of fused-ring (bicyclic) bond motifs is 1. The zero-order valence-electron chi connectivity index (χ0n) is 13.9. The Bertz CT molecular complexity index is 733. The lowest BCUT2D eigenvalue weighted by molar-refractivity contribution is 0.258. The molecule has 0 heterocycles. The molecule has 0 spiro atoms. The summed E-state index contributed by atoms with van der Waals surface area (Å²) in [5.41, 5.74) is 0.294. The molecule has 0 aromatic heterocycles. The number of benzene rings is 2. The van der Waals surface area contributed by atoms with E-state index >= 15 is 0 Å². The molecule has 3 rings (SSSR count). The quantitative estimate of drug-likeness (QED) is 0.714. The zero-order valence-corrected chi connectivity index (χ0v) is 13.9. The SMILES string of the molecule is CCC1CCC(CCc2cc3ccc(O)c(F)c3c(F)c2F)CC1. The fraction of sp³-hybridized carbons (Fsp3) is 0.500. The van der Waals surface area contributed by atoms with Gasteiger partial charge in [0.15, 0.2) is 23.2 Å². The highest BCUT2D eigenvalue weighted by Crippen LogP contribution is 2.35. The van der Waals surface area contributed by atoms with Gasteiger partial charge in [0, 0.05) is 0 Å². The van der Waals surface area contributed by atoms with Crippen LogP contribution in [0.1, 0.15) is 51.0 Å². The molecule has 0 saturated heterocycles. The third-order valence-corrected chi connectivity index (χ3v) is 5.54. The standard InChI is InChI=1S/C20H23F3O/c1-2-12-3-5-13(6-4-12)7-8-15-11-14-9-10-16(24)19(22)17(14)20(23)18(15)21/h9-13,24H,2-8H2,1H3. The number of hydrogen-bond acceptors (Lipinski definition) is 1. The fourth-order valence-corrected chi connectivity index (χ4v) is 3.90. The fourth-order valence-electron chi connectivity index (χ4n) is 3.90. The van der Waals surface area contributed by atoms with E-state index < -0.39 is 28.6 Å². The second-order valence-electron chi connectivity index (χ2n) is 6.99. The smallest absolute Gasteiger partial charge is 0.175 e. The highest BCUT2D eigenvalue weighted by Gasteiger charge is 2.22. The maximum atomic E-state index is 14.3. The first kappa shape index (κ1) is 17.1. The van der Waals surface area contributed by atoms with E-state index in [1.807, 2.05) is 0 Å². The van der Waals surface area contributed by atoms with Crippen molar-refractivity contribution < 1.29 is 18.3 Å². The number of rotatable bonds is 4. The summed E-state index contributed by atoms with van der Waals surface area (Å²) in [5, 5.41) is 9.17. The first-order chi connectivity index (χ1) is 11.5. The van der Waals surface area contributed by atoms with Crippen molar-refractivity contribution in [2.45, 2.75) is 51.9 Å². The average molecular weight is 336 g/mol. The minimum absolute atomic E-state index is 0.286. The lowest BCUT2D eigenvalue weighted by atomic mass is 9.78. The van der Waals surface area contributed by atoms with Crippen molar-refractivity contribution >= 4 is 10.8 Å². The number of aromatic hydroxyl groups is 1. The second kappa shape index (κ2) is 7.04. The van der Waals surface area contributed by atoms with Crippen molar-refractivity contribution in [3.63, 3.8) is 0 Å². The first-order valence-electron chi connectivity index (χ1n) is 8.79. The molecule has 1 aliphatic rings. The molecule has 1 aliphatic carbocycles. The highest BCUT2D eigenvalue weighted by molar-refractivity contribution is 5.86. The van der Waals surface area contributed by atoms with E-state index in [9.17, 15) is 18.3 Å². The molecular weight excluding hydrogens is 313 g/mol. The summed E-state index contributed by atoms with van der Waals surface area (Å²) in [5.74, 6) is -2.59. The Hall–Kier alpha value is -1.71. The topological polar surface area (TPSA) is 20.2 Å². The Labute approximate surface area is 140 Å². The van der Waals surface area contributed by atoms with Crippen molar-refractivity contribution in [2.75, 3.05) is 0 Å². The van der Waals surface area contributed by atoms with Crippen LogP contribution >= 0.6 is 0 Å². The molecule has 2 aromatic rings. The molecule has 4 heteroatoms. The molecule has 130 valence electrons. The van der Waals surface area contributed by atoms with Gasteiger partial charge in [-0.15, -0.1) is 0 Å². The van der Waals surface area contributed by atoms with Gasteiger partial charge in [0.05, 0.1) is 5.39 Å². The van der Waals surface area contributed by atoms with Gasteiger partial charge in [-0.1, -0.05) is 45.1 Å². The van der Waals surface area contributed by atoms with Gasteiger partial charge in [0.1, 0.15) is 0 Å². The molecule has 1 saturated carbocycles. The predicted octanol–water partition coefficient (Wildman–Crippen LogP) is 6.11. The van der Waals surface area contributed by atoms with Crippen LogP contribution in [-0.4, -0.2) is 5.11 Å². The second-order valence-corrected chi connectivity index (χ2v) is 6.99. The number of phenols is 1. The summed E-state index contributed by atoms with van der Waals surface area (Å²) >= 11 is 0. The Morgan fingerprint density at radius 1 is 0.958 bits per heavy atom. The Balaban J connectivity index is 1.78. The molecule has 0 unspecified atom stereocenters. The van der Waals surface area contributed by atoms with Crippen LogP contribution in [0.3, 0.4) is 0 Å². The molecular formula is C20H23F3O.